The maximum Gasteiger partial charge on any atom is 0.411 e. The van der Waals surface area contributed by atoms with Gasteiger partial charge in [0, 0.05) is 81.9 Å². The van der Waals surface area contributed by atoms with E-state index >= 15 is 0 Å². The molecule has 1 unspecified atom stereocenters. The molecule has 1 aliphatic rings. The summed E-state index contributed by atoms with van der Waals surface area (Å²) < 4.78 is 5.75. The molecule has 1 atom stereocenters. The number of aromatic amines is 1. The van der Waals surface area contributed by atoms with Gasteiger partial charge in [-0.1, -0.05) is 66.7 Å². The Morgan fingerprint density at radius 1 is 0.879 bits per heavy atom. The fraction of sp³-hybridized carbons (Fsp3) is 0.333. The summed E-state index contributed by atoms with van der Waals surface area (Å²) in [6.45, 7) is 3.46. The van der Waals surface area contributed by atoms with Gasteiger partial charge in [0.1, 0.15) is 11.9 Å². The van der Waals surface area contributed by atoms with E-state index in [1.54, 1.807) is 24.1 Å². The van der Waals surface area contributed by atoms with Crippen molar-refractivity contribution < 1.29 is 29.3 Å². The molecule has 13 heteroatoms. The highest BCUT2D eigenvalue weighted by Crippen LogP contribution is 2.29. The van der Waals surface area contributed by atoms with Crippen LogP contribution in [0.1, 0.15) is 55.8 Å². The van der Waals surface area contributed by atoms with Crippen LogP contribution in [0.15, 0.2) is 108 Å². The number of amides is 3. The number of para-hydroxylation sites is 1. The third kappa shape index (κ3) is 11.8. The molecule has 0 aliphatic carbocycles. The molecule has 2 heterocycles. The van der Waals surface area contributed by atoms with Crippen molar-refractivity contribution in [2.45, 2.75) is 57.3 Å². The number of aromatic nitrogens is 1. The standard InChI is InChI=1S/C45H52N6O7/c1-50(43(56)24-28-51-26-22-34(23-27-51)58-45(57)48-38-12-6-5-11-35(38)32-9-3-2-4-10-32)25-8-7-13-41(54)47-33-16-14-31(15-17-33)29-46-30-40(53)36-18-20-39(52)44-37(36)19-21-42(55)49-44/h2-6,9-12,14-21,34,40,46,52-53H,7-8,13,22-30H2,1H3,(H,47,54)(H,48,57)(H,49,55). The molecule has 6 N–H and O–H groups in total. The average molecular weight is 789 g/mol. The zero-order valence-electron chi connectivity index (χ0n) is 32.8. The lowest BCUT2D eigenvalue weighted by molar-refractivity contribution is -0.130. The number of rotatable bonds is 17. The van der Waals surface area contributed by atoms with Gasteiger partial charge in [-0.2, -0.15) is 0 Å². The number of phenols is 1. The van der Waals surface area contributed by atoms with Crippen LogP contribution < -0.4 is 21.5 Å². The van der Waals surface area contributed by atoms with Gasteiger partial charge in [-0.15, -0.1) is 0 Å². The predicted molar refractivity (Wildman–Crippen MR) is 226 cm³/mol. The molecule has 1 aromatic heterocycles. The Bertz CT molecular complexity index is 2200. The second-order valence-corrected chi connectivity index (χ2v) is 14.7. The third-order valence-corrected chi connectivity index (χ3v) is 10.4. The van der Waals surface area contributed by atoms with Gasteiger partial charge in [0.2, 0.25) is 17.4 Å². The Hall–Kier alpha value is -6.02. The van der Waals surface area contributed by atoms with E-state index in [4.69, 9.17) is 4.74 Å². The second kappa shape index (κ2) is 20.4. The number of hydrogen-bond acceptors (Lipinski definition) is 9. The van der Waals surface area contributed by atoms with Gasteiger partial charge in [-0.05, 0) is 72.7 Å². The van der Waals surface area contributed by atoms with Crippen molar-refractivity contribution in [2.24, 2.45) is 0 Å². The van der Waals surface area contributed by atoms with E-state index in [0.29, 0.717) is 86.0 Å². The van der Waals surface area contributed by atoms with Crippen LogP contribution in [-0.2, 0) is 20.9 Å². The quantitative estimate of drug-likeness (QED) is 0.0583. The number of aliphatic hydroxyl groups is 1. The molecule has 1 fully saturated rings. The number of likely N-dealkylation sites (tertiary alicyclic amines) is 1. The van der Waals surface area contributed by atoms with E-state index in [1.165, 1.54) is 12.1 Å². The molecule has 0 saturated carbocycles. The number of aliphatic hydroxyl groups excluding tert-OH is 1. The molecule has 13 nitrogen and oxygen atoms in total. The highest BCUT2D eigenvalue weighted by Gasteiger charge is 2.24. The molecular formula is C45H52N6O7. The number of phenolic OH excluding ortho intramolecular Hbond substituents is 1. The van der Waals surface area contributed by atoms with Crippen LogP contribution in [0.5, 0.6) is 5.75 Å². The summed E-state index contributed by atoms with van der Waals surface area (Å²) in [5.74, 6) is -0.0829. The molecule has 1 aliphatic heterocycles. The molecule has 5 aromatic rings. The van der Waals surface area contributed by atoms with Crippen molar-refractivity contribution in [1.82, 2.24) is 20.1 Å². The molecular weight excluding hydrogens is 737 g/mol. The summed E-state index contributed by atoms with van der Waals surface area (Å²) in [5.41, 5.74) is 4.86. The number of aromatic hydroxyl groups is 1. The molecule has 0 spiro atoms. The summed E-state index contributed by atoms with van der Waals surface area (Å²) in [5, 5.41) is 30.5. The fourth-order valence-corrected chi connectivity index (χ4v) is 7.15. The van der Waals surface area contributed by atoms with E-state index in [9.17, 15) is 29.4 Å². The van der Waals surface area contributed by atoms with Gasteiger partial charge >= 0.3 is 6.09 Å². The Labute approximate surface area is 338 Å². The lowest BCUT2D eigenvalue weighted by Gasteiger charge is -2.31. The average Bonchev–Trinajstić information content (AvgIpc) is 3.23. The van der Waals surface area contributed by atoms with Crippen LogP contribution in [-0.4, -0.2) is 88.8 Å². The number of ether oxygens (including phenoxy) is 1. The number of fused-ring (bicyclic) bond motifs is 1. The van der Waals surface area contributed by atoms with Gasteiger partial charge in [0.25, 0.3) is 0 Å². The normalized spacial score (nSPS) is 13.8. The van der Waals surface area contributed by atoms with Gasteiger partial charge in [-0.25, -0.2) is 4.79 Å². The van der Waals surface area contributed by atoms with Gasteiger partial charge < -0.3 is 40.4 Å². The van der Waals surface area contributed by atoms with Crippen molar-refractivity contribution >= 4 is 40.2 Å². The Morgan fingerprint density at radius 2 is 1.62 bits per heavy atom. The number of nitrogens with zero attached hydrogens (tertiary/aromatic N) is 2. The lowest BCUT2D eigenvalue weighted by Crippen LogP contribution is -2.40. The Kier molecular flexibility index (Phi) is 14.6. The smallest absolute Gasteiger partial charge is 0.411 e. The second-order valence-electron chi connectivity index (χ2n) is 14.7. The zero-order valence-corrected chi connectivity index (χ0v) is 32.8. The van der Waals surface area contributed by atoms with E-state index in [-0.39, 0.29) is 35.8 Å². The summed E-state index contributed by atoms with van der Waals surface area (Å²) in [6.07, 6.45) is 2.03. The number of unbranched alkanes of at least 4 members (excludes halogenated alkanes) is 1. The van der Waals surface area contributed by atoms with E-state index in [0.717, 1.165) is 29.8 Å². The molecule has 6 rings (SSSR count). The molecule has 304 valence electrons. The topological polar surface area (TPSA) is 176 Å². The third-order valence-electron chi connectivity index (χ3n) is 10.4. The van der Waals surface area contributed by atoms with Crippen LogP contribution in [0.2, 0.25) is 0 Å². The molecule has 3 amide bonds. The zero-order chi connectivity index (χ0) is 40.9. The molecule has 0 radical (unpaired) electrons. The van der Waals surface area contributed by atoms with Crippen molar-refractivity contribution in [1.29, 1.82) is 0 Å². The maximum atomic E-state index is 12.8. The number of benzene rings is 4. The minimum atomic E-state index is -0.862. The number of pyridine rings is 1. The molecule has 4 aromatic carbocycles. The van der Waals surface area contributed by atoms with Gasteiger partial charge in [0.05, 0.1) is 17.3 Å². The number of carbonyl (C=O) groups is 3. The number of H-pyrrole nitrogens is 1. The highest BCUT2D eigenvalue weighted by atomic mass is 16.6. The first kappa shape index (κ1) is 41.6. The summed E-state index contributed by atoms with van der Waals surface area (Å²) >= 11 is 0. The number of hydrogen-bond donors (Lipinski definition) is 6. The van der Waals surface area contributed by atoms with Crippen molar-refractivity contribution in [3.63, 3.8) is 0 Å². The molecule has 58 heavy (non-hydrogen) atoms. The van der Waals surface area contributed by atoms with Crippen LogP contribution in [0.3, 0.4) is 0 Å². The Balaban J connectivity index is 0.815. The lowest BCUT2D eigenvalue weighted by atomic mass is 10.0. The van der Waals surface area contributed by atoms with Crippen molar-refractivity contribution in [2.75, 3.05) is 50.4 Å². The number of nitrogens with one attached hydrogen (secondary N) is 4. The minimum absolute atomic E-state index is 0.0570. The first-order valence-electron chi connectivity index (χ1n) is 19.8. The fourth-order valence-electron chi connectivity index (χ4n) is 7.15. The summed E-state index contributed by atoms with van der Waals surface area (Å²) in [4.78, 5) is 56.4. The highest BCUT2D eigenvalue weighted by molar-refractivity contribution is 5.92. The minimum Gasteiger partial charge on any atom is -0.506 e. The maximum absolute atomic E-state index is 12.8. The van der Waals surface area contributed by atoms with Crippen molar-refractivity contribution in [3.05, 3.63) is 125 Å². The van der Waals surface area contributed by atoms with Crippen LogP contribution in [0.25, 0.3) is 22.0 Å². The molecule has 1 saturated heterocycles. The van der Waals surface area contributed by atoms with E-state index in [1.807, 2.05) is 78.9 Å². The summed E-state index contributed by atoms with van der Waals surface area (Å²) in [6, 6.07) is 31.1. The van der Waals surface area contributed by atoms with Crippen molar-refractivity contribution in [3.8, 4) is 16.9 Å². The van der Waals surface area contributed by atoms with Crippen LogP contribution >= 0.6 is 0 Å². The SMILES string of the molecule is CN(CCCCC(=O)Nc1ccc(CNCC(O)c2ccc(O)c3[nH]c(=O)ccc23)cc1)C(=O)CCN1CCC(OC(=O)Nc2ccccc2-c2ccccc2)CC1. The first-order valence-corrected chi connectivity index (χ1v) is 19.8. The number of anilines is 2. The summed E-state index contributed by atoms with van der Waals surface area (Å²) in [7, 11) is 1.80. The van der Waals surface area contributed by atoms with E-state index in [2.05, 4.69) is 25.8 Å². The van der Waals surface area contributed by atoms with Crippen LogP contribution in [0, 0.1) is 0 Å². The van der Waals surface area contributed by atoms with Crippen LogP contribution in [0.4, 0.5) is 16.2 Å². The largest absolute Gasteiger partial charge is 0.506 e. The Morgan fingerprint density at radius 3 is 2.40 bits per heavy atom. The predicted octanol–water partition coefficient (Wildman–Crippen LogP) is 6.39. The van der Waals surface area contributed by atoms with Gasteiger partial charge in [-0.3, -0.25) is 19.7 Å². The molecule has 0 bridgehead atoms. The number of carbonyl (C=O) groups excluding carboxylic acids is 3. The van der Waals surface area contributed by atoms with Gasteiger partial charge in [0.15, 0.2) is 0 Å². The monoisotopic (exact) mass is 788 g/mol. The van der Waals surface area contributed by atoms with E-state index < -0.39 is 12.2 Å². The first-order chi connectivity index (χ1) is 28.1. The number of piperidine rings is 1.